The molecule has 0 fully saturated rings. The molecule has 0 saturated heterocycles. The van der Waals surface area contributed by atoms with E-state index in [9.17, 15) is 14.4 Å². The number of pyridine rings is 1. The summed E-state index contributed by atoms with van der Waals surface area (Å²) in [5.41, 5.74) is 3.29. The number of hydrogen-bond acceptors (Lipinski definition) is 7. The number of amides is 2. The summed E-state index contributed by atoms with van der Waals surface area (Å²) in [6.45, 7) is 6.10. The summed E-state index contributed by atoms with van der Waals surface area (Å²) in [4.78, 5) is 38.7. The number of rotatable bonds is 12. The zero-order valence-corrected chi connectivity index (χ0v) is 20.8. The summed E-state index contributed by atoms with van der Waals surface area (Å²) in [6.07, 6.45) is 6.46. The maximum atomic E-state index is 12.6. The number of carbonyl (C=O) groups excluding carboxylic acids is 2. The van der Waals surface area contributed by atoms with Gasteiger partial charge in [0.15, 0.2) is 5.75 Å². The first kappa shape index (κ1) is 27.9. The van der Waals surface area contributed by atoms with Crippen LogP contribution in [0.15, 0.2) is 59.8 Å². The minimum Gasteiger partial charge on any atom is -0.491 e. The zero-order valence-electron chi connectivity index (χ0n) is 20.8. The van der Waals surface area contributed by atoms with Crippen molar-refractivity contribution in [2.75, 3.05) is 25.6 Å². The minimum absolute atomic E-state index is 0.0288. The van der Waals surface area contributed by atoms with Crippen molar-refractivity contribution < 1.29 is 33.7 Å². The van der Waals surface area contributed by atoms with Crippen LogP contribution in [-0.4, -0.2) is 48.3 Å². The Bertz CT molecular complexity index is 1120. The highest BCUT2D eigenvalue weighted by Gasteiger charge is 2.16. The highest BCUT2D eigenvalue weighted by molar-refractivity contribution is 6.04. The number of hydrogen-bond donors (Lipinski definition) is 3. The standard InChI is InChI=1S/C26H31N3O7/c1-17(2)6-5-7-18(3)12-13-35-21-10-8-20(9-11-21)29-24(32)19-14-22(34-4)25(27-15-19)36-26(33)28-16-23(30)31/h6,8-12,14-15H,5,7,13,16H2,1-4H3,(H,28,33)(H,29,32)(H,30,31)/b18-12+. The zero-order chi connectivity index (χ0) is 26.5. The Morgan fingerprint density at radius 1 is 1.08 bits per heavy atom. The first-order chi connectivity index (χ1) is 17.2. The van der Waals surface area contributed by atoms with Crippen LogP contribution in [0.4, 0.5) is 10.5 Å². The molecule has 0 unspecified atom stereocenters. The number of ether oxygens (including phenoxy) is 3. The number of nitrogens with zero attached hydrogens (tertiary/aromatic N) is 1. The van der Waals surface area contributed by atoms with Crippen LogP contribution in [0, 0.1) is 0 Å². The normalized spacial score (nSPS) is 10.7. The van der Waals surface area contributed by atoms with E-state index in [0.717, 1.165) is 12.8 Å². The average Bonchev–Trinajstić information content (AvgIpc) is 2.83. The van der Waals surface area contributed by atoms with Gasteiger partial charge in [0.05, 0.1) is 12.7 Å². The van der Waals surface area contributed by atoms with Crippen molar-refractivity contribution in [1.29, 1.82) is 0 Å². The van der Waals surface area contributed by atoms with Gasteiger partial charge in [0.1, 0.15) is 18.9 Å². The molecule has 0 atom stereocenters. The molecule has 0 bridgehead atoms. The molecule has 36 heavy (non-hydrogen) atoms. The van der Waals surface area contributed by atoms with Crippen molar-refractivity contribution in [3.63, 3.8) is 0 Å². The minimum atomic E-state index is -1.23. The Labute approximate surface area is 210 Å². The smallest absolute Gasteiger partial charge is 0.414 e. The average molecular weight is 498 g/mol. The maximum Gasteiger partial charge on any atom is 0.414 e. The van der Waals surface area contributed by atoms with E-state index in [1.54, 1.807) is 24.3 Å². The van der Waals surface area contributed by atoms with Gasteiger partial charge in [-0.1, -0.05) is 17.2 Å². The van der Waals surface area contributed by atoms with E-state index in [0.29, 0.717) is 18.0 Å². The summed E-state index contributed by atoms with van der Waals surface area (Å²) in [6, 6.07) is 8.30. The summed E-state index contributed by atoms with van der Waals surface area (Å²) < 4.78 is 15.8. The van der Waals surface area contributed by atoms with Crippen molar-refractivity contribution in [1.82, 2.24) is 10.3 Å². The number of aliphatic carboxylic acids is 1. The van der Waals surface area contributed by atoms with Crippen molar-refractivity contribution in [3.8, 4) is 17.4 Å². The molecule has 0 radical (unpaired) electrons. The number of anilines is 1. The van der Waals surface area contributed by atoms with Gasteiger partial charge < -0.3 is 30.0 Å². The largest absolute Gasteiger partial charge is 0.491 e. The van der Waals surface area contributed by atoms with Crippen molar-refractivity contribution in [2.45, 2.75) is 33.6 Å². The Balaban J connectivity index is 1.91. The fourth-order valence-electron chi connectivity index (χ4n) is 2.86. The third kappa shape index (κ3) is 9.88. The summed E-state index contributed by atoms with van der Waals surface area (Å²) in [5.74, 6) is -1.18. The third-order valence-electron chi connectivity index (χ3n) is 4.76. The van der Waals surface area contributed by atoms with Crippen LogP contribution in [0.3, 0.4) is 0 Å². The van der Waals surface area contributed by atoms with Crippen LogP contribution in [0.25, 0.3) is 0 Å². The first-order valence-corrected chi connectivity index (χ1v) is 11.2. The molecule has 2 rings (SSSR count). The van der Waals surface area contributed by atoms with Crippen molar-refractivity contribution in [2.24, 2.45) is 0 Å². The number of allylic oxidation sites excluding steroid dienone is 3. The maximum absolute atomic E-state index is 12.6. The van der Waals surface area contributed by atoms with E-state index in [1.165, 1.54) is 30.5 Å². The van der Waals surface area contributed by atoms with Gasteiger partial charge in [0.2, 0.25) is 0 Å². The SMILES string of the molecule is COc1cc(C(=O)Nc2ccc(OC/C=C(\C)CCC=C(C)C)cc2)cnc1OC(=O)NCC(=O)O. The molecule has 3 N–H and O–H groups in total. The Kier molecular flexibility index (Phi) is 11.0. The van der Waals surface area contributed by atoms with Crippen LogP contribution in [-0.2, 0) is 4.79 Å². The van der Waals surface area contributed by atoms with E-state index < -0.39 is 24.5 Å². The van der Waals surface area contributed by atoms with Crippen LogP contribution >= 0.6 is 0 Å². The lowest BCUT2D eigenvalue weighted by atomic mass is 10.1. The number of nitrogens with one attached hydrogen (secondary N) is 2. The molecule has 0 spiro atoms. The second-order valence-electron chi connectivity index (χ2n) is 8.03. The molecular formula is C26H31N3O7. The van der Waals surface area contributed by atoms with E-state index in [4.69, 9.17) is 19.3 Å². The highest BCUT2D eigenvalue weighted by atomic mass is 16.6. The molecule has 2 aromatic rings. The summed E-state index contributed by atoms with van der Waals surface area (Å²) in [5, 5.41) is 13.4. The van der Waals surface area contributed by atoms with Gasteiger partial charge >= 0.3 is 12.1 Å². The van der Waals surface area contributed by atoms with Crippen LogP contribution < -0.4 is 24.8 Å². The molecule has 10 nitrogen and oxygen atoms in total. The van der Waals surface area contributed by atoms with Crippen molar-refractivity contribution in [3.05, 3.63) is 65.4 Å². The lowest BCUT2D eigenvalue weighted by Gasteiger charge is -2.11. The van der Waals surface area contributed by atoms with E-state index >= 15 is 0 Å². The Morgan fingerprint density at radius 2 is 1.81 bits per heavy atom. The highest BCUT2D eigenvalue weighted by Crippen LogP contribution is 2.26. The fraction of sp³-hybridized carbons (Fsp3) is 0.308. The number of carboxylic acids is 1. The number of carbonyl (C=O) groups is 3. The second kappa shape index (κ2) is 14.1. The van der Waals surface area contributed by atoms with Crippen LogP contribution in [0.1, 0.15) is 44.0 Å². The van der Waals surface area contributed by atoms with Gasteiger partial charge in [-0.3, -0.25) is 9.59 Å². The molecule has 192 valence electrons. The van der Waals surface area contributed by atoms with Gasteiger partial charge in [-0.2, -0.15) is 0 Å². The van der Waals surface area contributed by atoms with Gasteiger partial charge in [-0.25, -0.2) is 9.78 Å². The second-order valence-corrected chi connectivity index (χ2v) is 8.03. The Hall–Kier alpha value is -4.34. The van der Waals surface area contributed by atoms with E-state index in [1.807, 2.05) is 5.32 Å². The number of carboxylic acid groups (broad SMARTS) is 1. The van der Waals surface area contributed by atoms with Gasteiger partial charge in [0, 0.05) is 18.0 Å². The molecular weight excluding hydrogens is 466 g/mol. The third-order valence-corrected chi connectivity index (χ3v) is 4.76. The topological polar surface area (TPSA) is 136 Å². The van der Waals surface area contributed by atoms with E-state index in [-0.39, 0.29) is 17.2 Å². The predicted molar refractivity (Wildman–Crippen MR) is 135 cm³/mol. The molecule has 0 aliphatic carbocycles. The molecule has 1 aromatic heterocycles. The fourth-order valence-corrected chi connectivity index (χ4v) is 2.86. The molecule has 0 aliphatic heterocycles. The van der Waals surface area contributed by atoms with Crippen LogP contribution in [0.5, 0.6) is 17.4 Å². The lowest BCUT2D eigenvalue weighted by Crippen LogP contribution is -2.32. The quantitative estimate of drug-likeness (QED) is 0.362. The molecule has 1 aromatic carbocycles. The molecule has 2 amide bonds. The van der Waals surface area contributed by atoms with E-state index in [2.05, 4.69) is 43.2 Å². The number of benzene rings is 1. The van der Waals surface area contributed by atoms with Gasteiger partial charge in [-0.15, -0.1) is 0 Å². The molecule has 0 aliphatic rings. The predicted octanol–water partition coefficient (Wildman–Crippen LogP) is 4.59. The first-order valence-electron chi connectivity index (χ1n) is 11.2. The number of methoxy groups -OCH3 is 1. The summed E-state index contributed by atoms with van der Waals surface area (Å²) >= 11 is 0. The van der Waals surface area contributed by atoms with Gasteiger partial charge in [0.25, 0.3) is 11.8 Å². The van der Waals surface area contributed by atoms with Crippen molar-refractivity contribution >= 4 is 23.7 Å². The Morgan fingerprint density at radius 3 is 2.44 bits per heavy atom. The van der Waals surface area contributed by atoms with Crippen LogP contribution in [0.2, 0.25) is 0 Å². The summed E-state index contributed by atoms with van der Waals surface area (Å²) in [7, 11) is 1.32. The monoisotopic (exact) mass is 497 g/mol. The number of aromatic nitrogens is 1. The molecule has 1 heterocycles. The van der Waals surface area contributed by atoms with Gasteiger partial charge in [-0.05, 0) is 64.0 Å². The molecule has 10 heteroatoms. The lowest BCUT2D eigenvalue weighted by molar-refractivity contribution is -0.135. The molecule has 0 saturated carbocycles.